The van der Waals surface area contributed by atoms with Crippen LogP contribution in [0.15, 0.2) is 21.7 Å². The van der Waals surface area contributed by atoms with Crippen LogP contribution in [0.4, 0.5) is 0 Å². The average molecular weight is 269 g/mol. The predicted molar refractivity (Wildman–Crippen MR) is 65.8 cm³/mol. The van der Waals surface area contributed by atoms with Crippen LogP contribution in [-0.4, -0.2) is 45.3 Å². The first kappa shape index (κ1) is 14.7. The number of aliphatic carboxylic acids is 1. The maximum atomic E-state index is 11.8. The molecule has 8 nitrogen and oxygen atoms in total. The Bertz CT molecular complexity index is 588. The fraction of sp³-hybridized carbons (Fsp3) is 0.455. The van der Waals surface area contributed by atoms with Crippen molar-refractivity contribution < 1.29 is 14.7 Å². The van der Waals surface area contributed by atoms with Gasteiger partial charge in [0.2, 0.25) is 5.91 Å². The normalized spacial score (nSPS) is 11.9. The fourth-order valence-electron chi connectivity index (χ4n) is 1.43. The number of carboxylic acid groups (broad SMARTS) is 1. The summed E-state index contributed by atoms with van der Waals surface area (Å²) in [7, 11) is 1.44. The molecule has 0 aliphatic heterocycles. The summed E-state index contributed by atoms with van der Waals surface area (Å²) in [4.78, 5) is 46.1. The Hall–Kier alpha value is -2.38. The third-order valence-electron chi connectivity index (χ3n) is 2.58. The van der Waals surface area contributed by atoms with Gasteiger partial charge in [-0.05, 0) is 0 Å². The highest BCUT2D eigenvalue weighted by molar-refractivity contribution is 5.77. The predicted octanol–water partition coefficient (Wildman–Crippen LogP) is -1.28. The van der Waals surface area contributed by atoms with Gasteiger partial charge < -0.3 is 10.0 Å². The van der Waals surface area contributed by atoms with Crippen molar-refractivity contribution in [3.05, 3.63) is 32.8 Å². The summed E-state index contributed by atoms with van der Waals surface area (Å²) < 4.78 is 0.882. The summed E-state index contributed by atoms with van der Waals surface area (Å²) in [5, 5.41) is 11.0. The van der Waals surface area contributed by atoms with Gasteiger partial charge in [0.05, 0.1) is 5.92 Å². The summed E-state index contributed by atoms with van der Waals surface area (Å²) in [6.45, 7) is 1.17. The quantitative estimate of drug-likeness (QED) is 0.691. The topological polar surface area (TPSA) is 112 Å². The van der Waals surface area contributed by atoms with Gasteiger partial charge in [0.25, 0.3) is 11.1 Å². The van der Waals surface area contributed by atoms with Gasteiger partial charge in [-0.15, -0.1) is 0 Å². The Balaban J connectivity index is 2.74. The molecule has 1 heterocycles. The van der Waals surface area contributed by atoms with Gasteiger partial charge in [-0.25, -0.2) is 4.68 Å². The molecule has 0 bridgehead atoms. The van der Waals surface area contributed by atoms with Crippen molar-refractivity contribution in [3.63, 3.8) is 0 Å². The van der Waals surface area contributed by atoms with Crippen LogP contribution in [0.1, 0.15) is 6.92 Å². The molecule has 2 N–H and O–H groups in total. The maximum absolute atomic E-state index is 11.8. The van der Waals surface area contributed by atoms with Gasteiger partial charge in [0.15, 0.2) is 0 Å². The molecule has 0 fully saturated rings. The maximum Gasteiger partial charge on any atom is 0.308 e. The molecule has 1 rings (SSSR count). The van der Waals surface area contributed by atoms with E-state index in [1.54, 1.807) is 0 Å². The molecule has 0 spiro atoms. The monoisotopic (exact) mass is 269 g/mol. The van der Waals surface area contributed by atoms with Crippen molar-refractivity contribution in [2.45, 2.75) is 13.5 Å². The van der Waals surface area contributed by atoms with E-state index in [9.17, 15) is 19.2 Å². The molecule has 1 aromatic rings. The molecule has 0 saturated heterocycles. The highest BCUT2D eigenvalue weighted by Gasteiger charge is 2.17. The van der Waals surface area contributed by atoms with E-state index in [0.717, 1.165) is 16.8 Å². The van der Waals surface area contributed by atoms with Crippen LogP contribution in [0.25, 0.3) is 0 Å². The zero-order valence-electron chi connectivity index (χ0n) is 10.6. The molecule has 1 atom stereocenters. The zero-order chi connectivity index (χ0) is 14.6. The molecular weight excluding hydrogens is 254 g/mol. The lowest BCUT2D eigenvalue weighted by atomic mass is 10.2. The number of carboxylic acids is 1. The molecule has 1 aromatic heterocycles. The lowest BCUT2D eigenvalue weighted by molar-refractivity contribution is -0.142. The van der Waals surface area contributed by atoms with E-state index in [-0.39, 0.29) is 13.1 Å². The van der Waals surface area contributed by atoms with Gasteiger partial charge in [0, 0.05) is 25.7 Å². The molecule has 19 heavy (non-hydrogen) atoms. The largest absolute Gasteiger partial charge is 0.481 e. The second kappa shape index (κ2) is 5.98. The smallest absolute Gasteiger partial charge is 0.308 e. The van der Waals surface area contributed by atoms with E-state index >= 15 is 0 Å². The molecule has 104 valence electrons. The van der Waals surface area contributed by atoms with Gasteiger partial charge in [-0.3, -0.25) is 24.3 Å². The van der Waals surface area contributed by atoms with Crippen molar-refractivity contribution in [3.8, 4) is 0 Å². The molecule has 1 amide bonds. The van der Waals surface area contributed by atoms with Crippen molar-refractivity contribution >= 4 is 11.9 Å². The number of aromatic nitrogens is 2. The first-order chi connectivity index (χ1) is 8.81. The molecule has 0 aliphatic carbocycles. The number of aromatic amines is 1. The fourth-order valence-corrected chi connectivity index (χ4v) is 1.43. The molecule has 1 unspecified atom stereocenters. The lowest BCUT2D eigenvalue weighted by Crippen LogP contribution is -2.39. The van der Waals surface area contributed by atoms with Crippen LogP contribution in [0, 0.1) is 5.92 Å². The first-order valence-electron chi connectivity index (χ1n) is 5.58. The van der Waals surface area contributed by atoms with Crippen molar-refractivity contribution in [2.24, 2.45) is 5.92 Å². The number of amides is 1. The minimum absolute atomic E-state index is 0.0278. The lowest BCUT2D eigenvalue weighted by Gasteiger charge is -2.19. The highest BCUT2D eigenvalue weighted by Crippen LogP contribution is 1.99. The number of nitrogens with one attached hydrogen (secondary N) is 1. The van der Waals surface area contributed by atoms with Crippen LogP contribution in [-0.2, 0) is 16.1 Å². The molecule has 8 heteroatoms. The van der Waals surface area contributed by atoms with Crippen LogP contribution in [0.5, 0.6) is 0 Å². The highest BCUT2D eigenvalue weighted by atomic mass is 16.4. The van der Waals surface area contributed by atoms with Crippen molar-refractivity contribution in [1.29, 1.82) is 0 Å². The third-order valence-corrected chi connectivity index (χ3v) is 2.58. The second-order valence-corrected chi connectivity index (χ2v) is 4.25. The number of hydrogen-bond donors (Lipinski definition) is 2. The summed E-state index contributed by atoms with van der Waals surface area (Å²) in [6, 6.07) is 2.13. The minimum Gasteiger partial charge on any atom is -0.481 e. The van der Waals surface area contributed by atoms with Gasteiger partial charge in [-0.1, -0.05) is 6.92 Å². The SMILES string of the molecule is CC(CN(C)C(=O)Cn1[nH]c(=O)ccc1=O)C(=O)O. The number of H-pyrrole nitrogens is 1. The van der Waals surface area contributed by atoms with Crippen LogP contribution in [0.3, 0.4) is 0 Å². The molecular formula is C11H15N3O5. The van der Waals surface area contributed by atoms with Gasteiger partial charge in [0.1, 0.15) is 6.54 Å². The van der Waals surface area contributed by atoms with Crippen molar-refractivity contribution in [2.75, 3.05) is 13.6 Å². The molecule has 0 saturated carbocycles. The van der Waals surface area contributed by atoms with Gasteiger partial charge >= 0.3 is 5.97 Å². The van der Waals surface area contributed by atoms with Crippen LogP contribution < -0.4 is 11.1 Å². The minimum atomic E-state index is -1.01. The molecule has 0 aliphatic rings. The molecule has 0 radical (unpaired) electrons. The van der Waals surface area contributed by atoms with E-state index in [0.29, 0.717) is 0 Å². The summed E-state index contributed by atoms with van der Waals surface area (Å²) in [5.41, 5.74) is -0.999. The Labute approximate surface area is 108 Å². The van der Waals surface area contributed by atoms with E-state index in [1.807, 2.05) is 0 Å². The standard InChI is InChI=1S/C11H15N3O5/c1-7(11(18)19)5-13(2)10(17)6-14-9(16)4-3-8(15)12-14/h3-4,7H,5-6H2,1-2H3,(H,12,15)(H,18,19). The number of hydrogen-bond acceptors (Lipinski definition) is 4. The Kier molecular flexibility index (Phi) is 4.62. The number of rotatable bonds is 5. The summed E-state index contributed by atoms with van der Waals surface area (Å²) in [5.74, 6) is -2.18. The number of nitrogens with zero attached hydrogens (tertiary/aromatic N) is 2. The van der Waals surface area contributed by atoms with Crippen LogP contribution >= 0.6 is 0 Å². The number of carbonyl (C=O) groups excluding carboxylic acids is 1. The summed E-state index contributed by atoms with van der Waals surface area (Å²) >= 11 is 0. The van der Waals surface area contributed by atoms with E-state index in [2.05, 4.69) is 5.10 Å². The number of carbonyl (C=O) groups is 2. The third kappa shape index (κ3) is 4.09. The Morgan fingerprint density at radius 2 is 2.05 bits per heavy atom. The van der Waals surface area contributed by atoms with E-state index < -0.39 is 28.9 Å². The summed E-state index contributed by atoms with van der Waals surface area (Å²) in [6.07, 6.45) is 0. The van der Waals surface area contributed by atoms with E-state index in [1.165, 1.54) is 18.9 Å². The Morgan fingerprint density at radius 1 is 1.42 bits per heavy atom. The van der Waals surface area contributed by atoms with Crippen LogP contribution in [0.2, 0.25) is 0 Å². The second-order valence-electron chi connectivity index (χ2n) is 4.25. The zero-order valence-corrected chi connectivity index (χ0v) is 10.6. The average Bonchev–Trinajstić information content (AvgIpc) is 2.33. The number of likely N-dealkylation sites (N-methyl/N-ethyl adjacent to an activating group) is 1. The van der Waals surface area contributed by atoms with Gasteiger partial charge in [-0.2, -0.15) is 0 Å². The van der Waals surface area contributed by atoms with E-state index in [4.69, 9.17) is 5.11 Å². The Morgan fingerprint density at radius 3 is 2.63 bits per heavy atom. The van der Waals surface area contributed by atoms with Crippen molar-refractivity contribution in [1.82, 2.24) is 14.7 Å². The first-order valence-corrected chi connectivity index (χ1v) is 5.58. The molecule has 0 aromatic carbocycles.